The molecule has 0 saturated heterocycles. The maximum absolute atomic E-state index is 6.18. The van der Waals surface area contributed by atoms with Crippen LogP contribution in [0.4, 0.5) is 0 Å². The van der Waals surface area contributed by atoms with Crippen LogP contribution in [0.1, 0.15) is 23.1 Å². The monoisotopic (exact) mass is 269 g/mol. The van der Waals surface area contributed by atoms with E-state index in [1.165, 1.54) is 0 Å². The van der Waals surface area contributed by atoms with Gasteiger partial charge in [0, 0.05) is 11.5 Å². The fourth-order valence-corrected chi connectivity index (χ4v) is 2.13. The number of rotatable bonds is 3. The van der Waals surface area contributed by atoms with Gasteiger partial charge < -0.3 is 14.9 Å². The molecule has 1 aromatic carbocycles. The maximum atomic E-state index is 6.18. The van der Waals surface area contributed by atoms with E-state index in [0.717, 1.165) is 16.5 Å². The summed E-state index contributed by atoms with van der Waals surface area (Å²) in [5.41, 5.74) is 8.77. The minimum absolute atomic E-state index is 0.444. The van der Waals surface area contributed by atoms with Crippen LogP contribution in [0.25, 0.3) is 11.0 Å². The highest BCUT2D eigenvalue weighted by Gasteiger charge is 2.16. The highest BCUT2D eigenvalue weighted by Crippen LogP contribution is 2.27. The van der Waals surface area contributed by atoms with Crippen molar-refractivity contribution in [2.75, 3.05) is 7.11 Å². The van der Waals surface area contributed by atoms with E-state index in [9.17, 15) is 0 Å². The van der Waals surface area contributed by atoms with E-state index in [4.69, 9.17) is 14.9 Å². The van der Waals surface area contributed by atoms with Crippen molar-refractivity contribution >= 4 is 11.0 Å². The van der Waals surface area contributed by atoms with E-state index in [1.807, 2.05) is 31.2 Å². The first kappa shape index (κ1) is 12.6. The smallest absolute Gasteiger partial charge is 0.233 e. The van der Waals surface area contributed by atoms with Crippen LogP contribution >= 0.6 is 0 Å². The van der Waals surface area contributed by atoms with Crippen molar-refractivity contribution in [2.45, 2.75) is 13.0 Å². The van der Waals surface area contributed by atoms with Crippen LogP contribution in [0.2, 0.25) is 0 Å². The molecule has 3 rings (SSSR count). The summed E-state index contributed by atoms with van der Waals surface area (Å²) in [7, 11) is 1.55. The molecule has 3 aromatic rings. The molecule has 0 saturated carbocycles. The molecule has 102 valence electrons. The number of nitrogens with zero attached hydrogens (tertiary/aromatic N) is 2. The number of aromatic nitrogens is 2. The number of nitrogens with two attached hydrogens (primary N) is 1. The van der Waals surface area contributed by atoms with Crippen LogP contribution in [0.3, 0.4) is 0 Å². The van der Waals surface area contributed by atoms with E-state index < -0.39 is 6.04 Å². The van der Waals surface area contributed by atoms with Gasteiger partial charge in [-0.15, -0.1) is 10.2 Å². The normalized spacial score (nSPS) is 12.6. The summed E-state index contributed by atoms with van der Waals surface area (Å²) >= 11 is 0. The molecule has 0 aliphatic heterocycles. The minimum Gasteiger partial charge on any atom is -0.480 e. The van der Waals surface area contributed by atoms with Crippen LogP contribution in [-0.2, 0) is 0 Å². The molecule has 0 spiro atoms. The maximum Gasteiger partial charge on any atom is 0.233 e. The molecule has 1 unspecified atom stereocenters. The molecule has 0 fully saturated rings. The lowest BCUT2D eigenvalue weighted by Crippen LogP contribution is -2.13. The van der Waals surface area contributed by atoms with Gasteiger partial charge in [-0.25, -0.2) is 0 Å². The minimum atomic E-state index is -0.444. The van der Waals surface area contributed by atoms with Crippen molar-refractivity contribution in [3.63, 3.8) is 0 Å². The molecule has 0 radical (unpaired) electrons. The van der Waals surface area contributed by atoms with E-state index >= 15 is 0 Å². The first-order chi connectivity index (χ1) is 9.69. The Hall–Kier alpha value is -2.40. The van der Waals surface area contributed by atoms with Crippen LogP contribution < -0.4 is 10.5 Å². The number of para-hydroxylation sites is 1. The Morgan fingerprint density at radius 1 is 1.20 bits per heavy atom. The molecule has 0 aliphatic carbocycles. The van der Waals surface area contributed by atoms with Crippen LogP contribution in [0, 0.1) is 6.92 Å². The van der Waals surface area contributed by atoms with Crippen molar-refractivity contribution in [3.05, 3.63) is 53.4 Å². The number of fused-ring (bicyclic) bond motifs is 1. The number of methoxy groups -OCH3 is 1. The highest BCUT2D eigenvalue weighted by molar-refractivity contribution is 5.81. The van der Waals surface area contributed by atoms with Crippen molar-refractivity contribution in [2.24, 2.45) is 5.73 Å². The topological polar surface area (TPSA) is 74.2 Å². The number of ether oxygens (including phenoxy) is 1. The fourth-order valence-electron chi connectivity index (χ4n) is 2.13. The second-order valence-corrected chi connectivity index (χ2v) is 4.62. The van der Waals surface area contributed by atoms with Gasteiger partial charge in [0.15, 0.2) is 0 Å². The molecule has 1 atom stereocenters. The van der Waals surface area contributed by atoms with Gasteiger partial charge >= 0.3 is 0 Å². The summed E-state index contributed by atoms with van der Waals surface area (Å²) < 4.78 is 10.8. The van der Waals surface area contributed by atoms with Crippen molar-refractivity contribution in [1.29, 1.82) is 0 Å². The average Bonchev–Trinajstić information content (AvgIpc) is 2.92. The predicted octanol–water partition coefficient (Wildman–Crippen LogP) is 2.59. The molecule has 0 bridgehead atoms. The molecule has 2 N–H and O–H groups in total. The van der Waals surface area contributed by atoms with Gasteiger partial charge in [-0.1, -0.05) is 18.2 Å². The lowest BCUT2D eigenvalue weighted by atomic mass is 10.1. The molecule has 0 aliphatic rings. The second-order valence-electron chi connectivity index (χ2n) is 4.62. The Kier molecular flexibility index (Phi) is 3.12. The fraction of sp³-hybridized carbons (Fsp3) is 0.200. The molecule has 2 aromatic heterocycles. The van der Waals surface area contributed by atoms with E-state index in [1.54, 1.807) is 19.2 Å². The van der Waals surface area contributed by atoms with E-state index in [0.29, 0.717) is 17.3 Å². The van der Waals surface area contributed by atoms with E-state index in [-0.39, 0.29) is 0 Å². The predicted molar refractivity (Wildman–Crippen MR) is 75.6 cm³/mol. The number of aryl methyl sites for hydroxylation is 1. The highest BCUT2D eigenvalue weighted by atomic mass is 16.5. The van der Waals surface area contributed by atoms with Crippen LogP contribution in [-0.4, -0.2) is 17.3 Å². The number of hydrogen-bond acceptors (Lipinski definition) is 5. The van der Waals surface area contributed by atoms with Gasteiger partial charge in [0.25, 0.3) is 0 Å². The van der Waals surface area contributed by atoms with Gasteiger partial charge in [-0.2, -0.15) is 0 Å². The summed E-state index contributed by atoms with van der Waals surface area (Å²) in [6.45, 7) is 2.01. The Labute approximate surface area is 116 Å². The molecule has 2 heterocycles. The molecule has 5 heteroatoms. The lowest BCUT2D eigenvalue weighted by Gasteiger charge is -2.07. The summed E-state index contributed by atoms with van der Waals surface area (Å²) in [6, 6.07) is 11.0. The molecular weight excluding hydrogens is 254 g/mol. The second kappa shape index (κ2) is 4.94. The zero-order valence-electron chi connectivity index (χ0n) is 11.3. The number of hydrogen-bond donors (Lipinski definition) is 1. The Bertz CT molecular complexity index is 734. The third-order valence-corrected chi connectivity index (χ3v) is 3.26. The number of furan rings is 1. The quantitative estimate of drug-likeness (QED) is 0.791. The summed E-state index contributed by atoms with van der Waals surface area (Å²) in [4.78, 5) is 0. The third kappa shape index (κ3) is 2.12. The summed E-state index contributed by atoms with van der Waals surface area (Å²) in [6.07, 6.45) is 0. The number of benzene rings is 1. The standard InChI is InChI=1S/C15H15N3O2/c1-9-4-3-5-10-8-12(20-15(9)10)14(16)11-6-7-13(19-2)18-17-11/h3-8,14H,16H2,1-2H3. The Balaban J connectivity index is 1.98. The van der Waals surface area contributed by atoms with Gasteiger partial charge in [-0.05, 0) is 24.6 Å². The SMILES string of the molecule is COc1ccc(C(N)c2cc3cccc(C)c3o2)nn1. The first-order valence-electron chi connectivity index (χ1n) is 6.31. The Morgan fingerprint density at radius 3 is 2.70 bits per heavy atom. The third-order valence-electron chi connectivity index (χ3n) is 3.26. The lowest BCUT2D eigenvalue weighted by molar-refractivity contribution is 0.390. The summed E-state index contributed by atoms with van der Waals surface area (Å²) in [5, 5.41) is 9.02. The summed E-state index contributed by atoms with van der Waals surface area (Å²) in [5.74, 6) is 1.13. The molecule has 5 nitrogen and oxygen atoms in total. The first-order valence-corrected chi connectivity index (χ1v) is 6.31. The van der Waals surface area contributed by atoms with Gasteiger partial charge in [0.05, 0.1) is 12.8 Å². The van der Waals surface area contributed by atoms with Crippen molar-refractivity contribution in [3.8, 4) is 5.88 Å². The van der Waals surface area contributed by atoms with Gasteiger partial charge in [-0.3, -0.25) is 0 Å². The van der Waals surface area contributed by atoms with Gasteiger partial charge in [0.2, 0.25) is 5.88 Å². The Morgan fingerprint density at radius 2 is 2.05 bits per heavy atom. The zero-order valence-corrected chi connectivity index (χ0v) is 11.3. The molecule has 20 heavy (non-hydrogen) atoms. The zero-order chi connectivity index (χ0) is 14.1. The van der Waals surface area contributed by atoms with Gasteiger partial charge in [0.1, 0.15) is 17.4 Å². The average molecular weight is 269 g/mol. The van der Waals surface area contributed by atoms with Crippen LogP contribution in [0.15, 0.2) is 40.8 Å². The van der Waals surface area contributed by atoms with Crippen molar-refractivity contribution in [1.82, 2.24) is 10.2 Å². The molecular formula is C15H15N3O2. The largest absolute Gasteiger partial charge is 0.480 e. The molecule has 0 amide bonds. The van der Waals surface area contributed by atoms with Crippen molar-refractivity contribution < 1.29 is 9.15 Å². The van der Waals surface area contributed by atoms with Crippen LogP contribution in [0.5, 0.6) is 5.88 Å². The van der Waals surface area contributed by atoms with E-state index in [2.05, 4.69) is 10.2 Å².